The fraction of sp³-hybridized carbons (Fsp3) is 0.967. The number of aliphatic hydroxyl groups excluding tert-OH is 2. The minimum atomic E-state index is -1.15. The molecule has 4 aliphatic carbocycles. The zero-order valence-corrected chi connectivity index (χ0v) is 23.7. The Morgan fingerprint density at radius 1 is 0.946 bits per heavy atom. The van der Waals surface area contributed by atoms with Crippen LogP contribution in [0.5, 0.6) is 0 Å². The predicted octanol–water partition coefficient (Wildman–Crippen LogP) is 3.81. The van der Waals surface area contributed by atoms with Gasteiger partial charge in [0.25, 0.3) is 0 Å². The Kier molecular flexibility index (Phi) is 5.68. The van der Waals surface area contributed by atoms with Crippen LogP contribution in [0.15, 0.2) is 0 Å². The molecule has 6 aliphatic rings. The molecule has 14 atom stereocenters. The number of fused-ring (bicyclic) bond motifs is 7. The van der Waals surface area contributed by atoms with Crippen molar-refractivity contribution in [3.05, 3.63) is 0 Å². The molecule has 3 N–H and O–H groups in total. The highest BCUT2D eigenvalue weighted by molar-refractivity contribution is 5.66. The number of hydrogen-bond donors (Lipinski definition) is 3. The fourth-order valence-electron chi connectivity index (χ4n) is 11.0. The topological polar surface area (TPSA) is 105 Å². The highest BCUT2D eigenvalue weighted by atomic mass is 16.7. The number of esters is 1. The lowest BCUT2D eigenvalue weighted by Gasteiger charge is -2.63. The van der Waals surface area contributed by atoms with Gasteiger partial charge in [-0.1, -0.05) is 20.8 Å². The average Bonchev–Trinajstić information content (AvgIpc) is 3.26. The van der Waals surface area contributed by atoms with Crippen molar-refractivity contribution >= 4 is 5.97 Å². The van der Waals surface area contributed by atoms with E-state index in [9.17, 15) is 20.1 Å². The van der Waals surface area contributed by atoms with Gasteiger partial charge in [-0.15, -0.1) is 0 Å². The van der Waals surface area contributed by atoms with E-state index in [1.807, 2.05) is 6.92 Å². The van der Waals surface area contributed by atoms with Crippen LogP contribution >= 0.6 is 0 Å². The van der Waals surface area contributed by atoms with Crippen molar-refractivity contribution in [1.29, 1.82) is 0 Å². The van der Waals surface area contributed by atoms with Crippen molar-refractivity contribution in [1.82, 2.24) is 0 Å². The van der Waals surface area contributed by atoms with Crippen LogP contribution in [0.2, 0.25) is 0 Å². The second-order valence-electron chi connectivity index (χ2n) is 15.1. The number of carbonyl (C=O) groups excluding carboxylic acids is 1. The molecule has 6 fully saturated rings. The Balaban J connectivity index is 1.31. The lowest BCUT2D eigenvalue weighted by Crippen LogP contribution is -2.63. The molecule has 210 valence electrons. The number of ether oxygens (including phenoxy) is 3. The van der Waals surface area contributed by atoms with Crippen LogP contribution in [0.4, 0.5) is 0 Å². The van der Waals surface area contributed by atoms with E-state index < -0.39 is 29.7 Å². The van der Waals surface area contributed by atoms with Crippen molar-refractivity contribution in [2.24, 2.45) is 46.3 Å². The summed E-state index contributed by atoms with van der Waals surface area (Å²) in [5.41, 5.74) is -1.98. The molecule has 8 unspecified atom stereocenters. The molecule has 2 heterocycles. The Bertz CT molecular complexity index is 964. The van der Waals surface area contributed by atoms with Gasteiger partial charge in [-0.25, -0.2) is 0 Å². The molecular formula is C30H48O7. The molecular weight excluding hydrogens is 472 g/mol. The normalized spacial score (nSPS) is 59.9. The molecule has 0 aromatic carbocycles. The van der Waals surface area contributed by atoms with Crippen LogP contribution < -0.4 is 0 Å². The molecule has 7 nitrogen and oxygen atoms in total. The molecule has 0 amide bonds. The Hall–Kier alpha value is -0.730. The molecule has 0 aromatic heterocycles. The third kappa shape index (κ3) is 3.39. The van der Waals surface area contributed by atoms with Crippen LogP contribution in [0.25, 0.3) is 0 Å². The lowest BCUT2D eigenvalue weighted by molar-refractivity contribution is -0.300. The summed E-state index contributed by atoms with van der Waals surface area (Å²) >= 11 is 0. The van der Waals surface area contributed by atoms with Gasteiger partial charge in [-0.05, 0) is 99.7 Å². The van der Waals surface area contributed by atoms with Gasteiger partial charge in [0.15, 0.2) is 5.79 Å². The van der Waals surface area contributed by atoms with Crippen LogP contribution in [0.3, 0.4) is 0 Å². The van der Waals surface area contributed by atoms with Gasteiger partial charge in [-0.3, -0.25) is 4.79 Å². The largest absolute Gasteiger partial charge is 0.460 e. The minimum Gasteiger partial charge on any atom is -0.460 e. The van der Waals surface area contributed by atoms with Gasteiger partial charge in [-0.2, -0.15) is 0 Å². The Labute approximate surface area is 221 Å². The van der Waals surface area contributed by atoms with Crippen molar-refractivity contribution in [2.75, 3.05) is 0 Å². The molecule has 37 heavy (non-hydrogen) atoms. The summed E-state index contributed by atoms with van der Waals surface area (Å²) in [4.78, 5) is 11.8. The zero-order chi connectivity index (χ0) is 26.9. The molecule has 7 heteroatoms. The third-order valence-corrected chi connectivity index (χ3v) is 12.8. The summed E-state index contributed by atoms with van der Waals surface area (Å²) in [5.74, 6) is -0.172. The maximum atomic E-state index is 12.2. The lowest BCUT2D eigenvalue weighted by atomic mass is 9.43. The van der Waals surface area contributed by atoms with Crippen LogP contribution in [0, 0.1) is 46.3 Å². The predicted molar refractivity (Wildman–Crippen MR) is 136 cm³/mol. The highest BCUT2D eigenvalue weighted by Crippen LogP contribution is 2.72. The number of hydrogen-bond acceptors (Lipinski definition) is 7. The van der Waals surface area contributed by atoms with Gasteiger partial charge in [0.05, 0.1) is 23.9 Å². The highest BCUT2D eigenvalue weighted by Gasteiger charge is 2.77. The smallest absolute Gasteiger partial charge is 0.302 e. The summed E-state index contributed by atoms with van der Waals surface area (Å²) in [7, 11) is 0. The summed E-state index contributed by atoms with van der Waals surface area (Å²) in [5, 5.41) is 34.9. The van der Waals surface area contributed by atoms with E-state index >= 15 is 0 Å². The minimum absolute atomic E-state index is 0.0781. The first-order chi connectivity index (χ1) is 17.1. The fourth-order valence-corrected chi connectivity index (χ4v) is 11.0. The molecule has 4 saturated carbocycles. The van der Waals surface area contributed by atoms with Crippen molar-refractivity contribution in [3.63, 3.8) is 0 Å². The molecule has 1 spiro atoms. The average molecular weight is 521 g/mol. The van der Waals surface area contributed by atoms with E-state index in [4.69, 9.17) is 14.2 Å². The second-order valence-corrected chi connectivity index (χ2v) is 15.1. The van der Waals surface area contributed by atoms with E-state index in [1.54, 1.807) is 0 Å². The number of carbonyl (C=O) groups is 1. The summed E-state index contributed by atoms with van der Waals surface area (Å²) < 4.78 is 18.9. The summed E-state index contributed by atoms with van der Waals surface area (Å²) in [6.45, 7) is 14.2. The SMILES string of the molecule is CC(=O)O[C@@H]1CC2(C)C(CCC3C4CC5O[C@@]6(C[C@H](C)C(C)(C)O6)[C@](C)(O)C5C4(C)C[C@H](O)C32)C[C@@H]1O. The third-order valence-electron chi connectivity index (χ3n) is 12.8. The number of rotatable bonds is 1. The quantitative estimate of drug-likeness (QED) is 0.452. The van der Waals surface area contributed by atoms with Gasteiger partial charge >= 0.3 is 5.97 Å². The second kappa shape index (κ2) is 7.93. The molecule has 2 saturated heterocycles. The zero-order valence-electron chi connectivity index (χ0n) is 23.7. The van der Waals surface area contributed by atoms with Gasteiger partial charge in [0, 0.05) is 19.3 Å². The molecule has 0 bridgehead atoms. The van der Waals surface area contributed by atoms with Gasteiger partial charge < -0.3 is 29.5 Å². The van der Waals surface area contributed by atoms with Crippen molar-refractivity contribution in [3.8, 4) is 0 Å². The first-order valence-electron chi connectivity index (χ1n) is 14.7. The van der Waals surface area contributed by atoms with E-state index in [0.717, 1.165) is 19.3 Å². The van der Waals surface area contributed by atoms with E-state index in [0.29, 0.717) is 43.4 Å². The maximum Gasteiger partial charge on any atom is 0.302 e. The first-order valence-corrected chi connectivity index (χ1v) is 14.7. The monoisotopic (exact) mass is 520 g/mol. The van der Waals surface area contributed by atoms with Crippen LogP contribution in [-0.4, -0.2) is 62.7 Å². The maximum absolute atomic E-state index is 12.2. The Morgan fingerprint density at radius 3 is 2.27 bits per heavy atom. The number of aliphatic hydroxyl groups is 3. The summed E-state index contributed by atoms with van der Waals surface area (Å²) in [6.07, 6.45) is 3.63. The van der Waals surface area contributed by atoms with Crippen LogP contribution in [0.1, 0.15) is 93.4 Å². The van der Waals surface area contributed by atoms with E-state index in [1.165, 1.54) is 6.92 Å². The van der Waals surface area contributed by atoms with Crippen molar-refractivity contribution in [2.45, 2.75) is 135 Å². The van der Waals surface area contributed by atoms with Gasteiger partial charge in [0.1, 0.15) is 11.7 Å². The van der Waals surface area contributed by atoms with E-state index in [2.05, 4.69) is 34.6 Å². The van der Waals surface area contributed by atoms with Gasteiger partial charge in [0.2, 0.25) is 0 Å². The summed E-state index contributed by atoms with van der Waals surface area (Å²) in [6, 6.07) is 0. The first kappa shape index (κ1) is 26.5. The molecule has 0 radical (unpaired) electrons. The molecule has 6 rings (SSSR count). The van der Waals surface area contributed by atoms with Crippen molar-refractivity contribution < 1.29 is 34.3 Å². The Morgan fingerprint density at radius 2 is 1.65 bits per heavy atom. The molecule has 2 aliphatic heterocycles. The van der Waals surface area contributed by atoms with E-state index in [-0.39, 0.29) is 46.3 Å². The molecule has 0 aromatic rings. The van der Waals surface area contributed by atoms with Crippen LogP contribution in [-0.2, 0) is 19.0 Å². The standard InChI is InChI=1S/C30H48O7/c1-15-12-30(37-26(15,3)4)29(7,34)25-22(36-30)11-19-18-9-8-17-10-20(32)23(35-16(2)31)14-27(17,5)24(18)21(33)13-28(19,25)6/h15,17-25,32-34H,8-14H2,1-7H3/t15-,17?,18?,19?,20-,21-,22?,23+,24?,25?,27?,28?,29+,30+/m0/s1.